The average molecular weight is 236 g/mol. The molecule has 0 aromatic heterocycles. The van der Waals surface area contributed by atoms with Crippen molar-refractivity contribution < 1.29 is 4.74 Å². The number of methoxy groups -OCH3 is 1. The predicted octanol–water partition coefficient (Wildman–Crippen LogP) is 3.04. The van der Waals surface area contributed by atoms with Gasteiger partial charge in [0.05, 0.1) is 5.60 Å². The van der Waals surface area contributed by atoms with Crippen LogP contribution in [0.2, 0.25) is 0 Å². The molecule has 15 heavy (non-hydrogen) atoms. The monoisotopic (exact) mass is 235 g/mol. The number of ether oxygens (including phenoxy) is 1. The van der Waals surface area contributed by atoms with Gasteiger partial charge in [0.2, 0.25) is 0 Å². The molecule has 0 saturated heterocycles. The lowest BCUT2D eigenvalue weighted by molar-refractivity contribution is 0.0154. The Hall–Kier alpha value is 0.210. The Kier molecular flexibility index (Phi) is 7.58. The van der Waals surface area contributed by atoms with Crippen molar-refractivity contribution in [2.75, 3.05) is 19.5 Å². The van der Waals surface area contributed by atoms with E-state index in [4.69, 9.17) is 16.3 Å². The molecule has 0 aromatic rings. The summed E-state index contributed by atoms with van der Waals surface area (Å²) in [5.41, 5.74) is -0.0400. The molecule has 0 spiro atoms. The third-order valence-corrected chi connectivity index (χ3v) is 3.03. The quantitative estimate of drug-likeness (QED) is 0.653. The molecule has 1 atom stereocenters. The lowest BCUT2D eigenvalue weighted by Crippen LogP contribution is -2.36. The Bertz CT molecular complexity index is 160. The maximum atomic E-state index is 5.90. The maximum Gasteiger partial charge on any atom is 0.0634 e. The van der Waals surface area contributed by atoms with E-state index < -0.39 is 0 Å². The van der Waals surface area contributed by atoms with Crippen LogP contribution in [0.25, 0.3) is 0 Å². The van der Waals surface area contributed by atoms with Gasteiger partial charge in [-0.15, -0.1) is 11.6 Å². The van der Waals surface area contributed by atoms with E-state index in [1.165, 1.54) is 0 Å². The molecule has 0 aliphatic heterocycles. The van der Waals surface area contributed by atoms with Gasteiger partial charge in [-0.05, 0) is 39.2 Å². The zero-order valence-electron chi connectivity index (χ0n) is 10.8. The molecule has 1 N–H and O–H groups in total. The van der Waals surface area contributed by atoms with Crippen molar-refractivity contribution >= 4 is 11.6 Å². The Balaban J connectivity index is 3.72. The van der Waals surface area contributed by atoms with Crippen molar-refractivity contribution in [2.24, 2.45) is 5.92 Å². The third-order valence-electron chi connectivity index (χ3n) is 2.65. The maximum absolute atomic E-state index is 5.90. The molecule has 0 saturated carbocycles. The Morgan fingerprint density at radius 1 is 1.33 bits per heavy atom. The van der Waals surface area contributed by atoms with Crippen molar-refractivity contribution in [1.29, 1.82) is 0 Å². The smallest absolute Gasteiger partial charge is 0.0634 e. The first-order valence-corrected chi connectivity index (χ1v) is 6.29. The summed E-state index contributed by atoms with van der Waals surface area (Å²) in [7, 11) is 1.76. The molecular weight excluding hydrogens is 210 g/mol. The van der Waals surface area contributed by atoms with E-state index in [9.17, 15) is 0 Å². The highest BCUT2D eigenvalue weighted by Crippen LogP contribution is 2.12. The van der Waals surface area contributed by atoms with Crippen LogP contribution in [0.5, 0.6) is 0 Å². The summed E-state index contributed by atoms with van der Waals surface area (Å²) in [6, 6.07) is 0.430. The summed E-state index contributed by atoms with van der Waals surface area (Å²) < 4.78 is 5.36. The second-order valence-electron chi connectivity index (χ2n) is 5.15. The highest BCUT2D eigenvalue weighted by molar-refractivity contribution is 6.18. The van der Waals surface area contributed by atoms with E-state index >= 15 is 0 Å². The molecule has 0 aliphatic carbocycles. The first kappa shape index (κ1) is 15.2. The van der Waals surface area contributed by atoms with Gasteiger partial charge in [0.1, 0.15) is 0 Å². The topological polar surface area (TPSA) is 21.3 Å². The van der Waals surface area contributed by atoms with Crippen LogP contribution >= 0.6 is 11.6 Å². The lowest BCUT2D eigenvalue weighted by atomic mass is 10.0. The molecule has 0 bridgehead atoms. The van der Waals surface area contributed by atoms with Gasteiger partial charge in [-0.1, -0.05) is 13.8 Å². The van der Waals surface area contributed by atoms with Crippen molar-refractivity contribution in [3.8, 4) is 0 Å². The molecule has 92 valence electrons. The van der Waals surface area contributed by atoms with E-state index in [0.29, 0.717) is 17.8 Å². The predicted molar refractivity (Wildman–Crippen MR) is 67.7 cm³/mol. The van der Waals surface area contributed by atoms with E-state index in [2.05, 4.69) is 33.0 Å². The number of rotatable bonds is 8. The van der Waals surface area contributed by atoms with Gasteiger partial charge < -0.3 is 10.1 Å². The second kappa shape index (κ2) is 7.48. The number of hydrogen-bond acceptors (Lipinski definition) is 2. The van der Waals surface area contributed by atoms with Crippen molar-refractivity contribution in [3.05, 3.63) is 0 Å². The molecule has 0 rings (SSSR count). The average Bonchev–Trinajstić information content (AvgIpc) is 2.15. The molecule has 0 amide bonds. The van der Waals surface area contributed by atoms with Gasteiger partial charge in [-0.2, -0.15) is 0 Å². The molecule has 3 heteroatoms. The zero-order chi connectivity index (χ0) is 11.9. The standard InChI is InChI=1S/C12H26ClNO/c1-10(2)8-11(9-13)14-7-6-12(3,4)15-5/h10-11,14H,6-9H2,1-5H3. The summed E-state index contributed by atoms with van der Waals surface area (Å²) in [5.74, 6) is 1.38. The van der Waals surface area contributed by atoms with Gasteiger partial charge in [0.25, 0.3) is 0 Å². The van der Waals surface area contributed by atoms with Crippen LogP contribution in [-0.2, 0) is 4.74 Å². The highest BCUT2D eigenvalue weighted by Gasteiger charge is 2.16. The molecule has 0 fully saturated rings. The summed E-state index contributed by atoms with van der Waals surface area (Å²) in [6.07, 6.45) is 2.14. The van der Waals surface area contributed by atoms with Gasteiger partial charge in [0.15, 0.2) is 0 Å². The zero-order valence-corrected chi connectivity index (χ0v) is 11.5. The number of alkyl halides is 1. The van der Waals surface area contributed by atoms with Crippen molar-refractivity contribution in [1.82, 2.24) is 5.32 Å². The molecule has 0 heterocycles. The van der Waals surface area contributed by atoms with E-state index in [0.717, 1.165) is 19.4 Å². The van der Waals surface area contributed by atoms with Crippen molar-refractivity contribution in [3.63, 3.8) is 0 Å². The minimum atomic E-state index is -0.0400. The fourth-order valence-electron chi connectivity index (χ4n) is 1.45. The summed E-state index contributed by atoms with van der Waals surface area (Å²) in [5, 5.41) is 3.48. The summed E-state index contributed by atoms with van der Waals surface area (Å²) in [6.45, 7) is 9.62. The van der Waals surface area contributed by atoms with E-state index in [-0.39, 0.29) is 5.60 Å². The normalized spacial score (nSPS) is 14.6. The van der Waals surface area contributed by atoms with Crippen LogP contribution < -0.4 is 5.32 Å². The molecule has 1 unspecified atom stereocenters. The van der Waals surface area contributed by atoms with E-state index in [1.807, 2.05) is 0 Å². The second-order valence-corrected chi connectivity index (χ2v) is 5.46. The molecule has 0 aromatic carbocycles. The Labute approximate surface area is 99.7 Å². The summed E-state index contributed by atoms with van der Waals surface area (Å²) in [4.78, 5) is 0. The first-order valence-electron chi connectivity index (χ1n) is 5.75. The molecule has 0 radical (unpaired) electrons. The summed E-state index contributed by atoms with van der Waals surface area (Å²) >= 11 is 5.90. The van der Waals surface area contributed by atoms with Gasteiger partial charge in [-0.25, -0.2) is 0 Å². The van der Waals surface area contributed by atoms with Crippen LogP contribution in [0.15, 0.2) is 0 Å². The van der Waals surface area contributed by atoms with Gasteiger partial charge in [0, 0.05) is 19.0 Å². The van der Waals surface area contributed by atoms with Crippen LogP contribution in [0.1, 0.15) is 40.5 Å². The first-order chi connectivity index (χ1) is 6.91. The molecule has 0 aliphatic rings. The van der Waals surface area contributed by atoms with Crippen molar-refractivity contribution in [2.45, 2.75) is 52.2 Å². The van der Waals surface area contributed by atoms with Crippen LogP contribution in [0, 0.1) is 5.92 Å². The number of nitrogens with one attached hydrogen (secondary N) is 1. The minimum absolute atomic E-state index is 0.0400. The number of halogens is 1. The lowest BCUT2D eigenvalue weighted by Gasteiger charge is -2.25. The molecular formula is C12H26ClNO. The highest BCUT2D eigenvalue weighted by atomic mass is 35.5. The minimum Gasteiger partial charge on any atom is -0.379 e. The van der Waals surface area contributed by atoms with Gasteiger partial charge in [-0.3, -0.25) is 0 Å². The SMILES string of the molecule is COC(C)(C)CCNC(CCl)CC(C)C. The Morgan fingerprint density at radius 3 is 2.33 bits per heavy atom. The van der Waals surface area contributed by atoms with Crippen LogP contribution in [0.4, 0.5) is 0 Å². The fourth-order valence-corrected chi connectivity index (χ4v) is 1.68. The number of hydrogen-bond donors (Lipinski definition) is 1. The van der Waals surface area contributed by atoms with E-state index in [1.54, 1.807) is 7.11 Å². The largest absolute Gasteiger partial charge is 0.379 e. The van der Waals surface area contributed by atoms with Crippen LogP contribution in [0.3, 0.4) is 0 Å². The Morgan fingerprint density at radius 2 is 1.93 bits per heavy atom. The molecule has 2 nitrogen and oxygen atoms in total. The fraction of sp³-hybridized carbons (Fsp3) is 1.00. The third kappa shape index (κ3) is 8.06. The van der Waals surface area contributed by atoms with Crippen LogP contribution in [-0.4, -0.2) is 31.2 Å². The van der Waals surface area contributed by atoms with Gasteiger partial charge >= 0.3 is 0 Å².